The standard InChI is InChI=1S/C21H33N5O5S/c1-13(2)9-16(12-27)22-20-23-19(24-21(25-20)26-32(6,28)29)10-14(3)15-7-8-17(30-4)18(11-15)31-5/h7-8,11,13-14,16,27H,9-10,12H2,1-6H3,(H2,22,23,24,25,26)/t14?,16-/m1/s1. The minimum atomic E-state index is -3.57. The maximum atomic E-state index is 11.7. The summed E-state index contributed by atoms with van der Waals surface area (Å²) in [5.41, 5.74) is 0.989. The first-order valence-electron chi connectivity index (χ1n) is 10.4. The number of anilines is 2. The molecule has 0 saturated heterocycles. The Kier molecular flexibility index (Phi) is 9.02. The summed E-state index contributed by atoms with van der Waals surface area (Å²) in [6.07, 6.45) is 2.17. The summed E-state index contributed by atoms with van der Waals surface area (Å²) < 4.78 is 36.4. The number of rotatable bonds is 12. The summed E-state index contributed by atoms with van der Waals surface area (Å²) >= 11 is 0. The molecule has 0 fully saturated rings. The van der Waals surface area contributed by atoms with Gasteiger partial charge >= 0.3 is 0 Å². The fraction of sp³-hybridized carbons (Fsp3) is 0.571. The van der Waals surface area contributed by atoms with E-state index in [-0.39, 0.29) is 30.5 Å². The smallest absolute Gasteiger partial charge is 0.241 e. The lowest BCUT2D eigenvalue weighted by atomic mass is 9.97. The Labute approximate surface area is 189 Å². The number of aliphatic hydroxyl groups excluding tert-OH is 1. The zero-order valence-corrected chi connectivity index (χ0v) is 20.2. The number of hydrogen-bond acceptors (Lipinski definition) is 9. The van der Waals surface area contributed by atoms with Gasteiger partial charge in [0, 0.05) is 6.42 Å². The molecule has 178 valence electrons. The topological polar surface area (TPSA) is 136 Å². The molecule has 0 aliphatic rings. The zero-order valence-electron chi connectivity index (χ0n) is 19.4. The van der Waals surface area contributed by atoms with Crippen LogP contribution in [0.15, 0.2) is 18.2 Å². The molecule has 0 aliphatic heterocycles. The normalized spacial score (nSPS) is 13.5. The lowest BCUT2D eigenvalue weighted by molar-refractivity contribution is 0.259. The summed E-state index contributed by atoms with van der Waals surface area (Å²) in [6, 6.07) is 5.40. The Morgan fingerprint density at radius 2 is 1.69 bits per heavy atom. The number of aliphatic hydroxyl groups is 1. The lowest BCUT2D eigenvalue weighted by Crippen LogP contribution is -2.27. The van der Waals surface area contributed by atoms with E-state index in [1.54, 1.807) is 14.2 Å². The molecule has 1 aromatic heterocycles. The van der Waals surface area contributed by atoms with E-state index in [0.29, 0.717) is 36.1 Å². The summed E-state index contributed by atoms with van der Waals surface area (Å²) in [5, 5.41) is 12.8. The minimum absolute atomic E-state index is 0.000410. The highest BCUT2D eigenvalue weighted by atomic mass is 32.2. The third kappa shape index (κ3) is 7.79. The van der Waals surface area contributed by atoms with Gasteiger partial charge in [0.1, 0.15) is 5.82 Å². The average Bonchev–Trinajstić information content (AvgIpc) is 2.70. The van der Waals surface area contributed by atoms with Crippen LogP contribution < -0.4 is 19.5 Å². The Morgan fingerprint density at radius 1 is 1.03 bits per heavy atom. The molecule has 1 heterocycles. The van der Waals surface area contributed by atoms with E-state index in [2.05, 4.69) is 25.0 Å². The summed E-state index contributed by atoms with van der Waals surface area (Å²) in [4.78, 5) is 12.9. The summed E-state index contributed by atoms with van der Waals surface area (Å²) in [7, 11) is -0.415. The van der Waals surface area contributed by atoms with E-state index in [1.165, 1.54) is 0 Å². The van der Waals surface area contributed by atoms with E-state index in [0.717, 1.165) is 11.8 Å². The Morgan fingerprint density at radius 3 is 2.25 bits per heavy atom. The first-order chi connectivity index (χ1) is 15.0. The van der Waals surface area contributed by atoms with Crippen molar-refractivity contribution < 1.29 is 23.0 Å². The van der Waals surface area contributed by atoms with Gasteiger partial charge in [-0.15, -0.1) is 0 Å². The number of nitrogens with zero attached hydrogens (tertiary/aromatic N) is 3. The van der Waals surface area contributed by atoms with Gasteiger partial charge in [-0.05, 0) is 36.0 Å². The SMILES string of the molecule is COc1ccc(C(C)Cc2nc(N[C@@H](CO)CC(C)C)nc(NS(C)(=O)=O)n2)cc1OC. The number of benzene rings is 1. The summed E-state index contributed by atoms with van der Waals surface area (Å²) in [6.45, 7) is 6.00. The van der Waals surface area contributed by atoms with Gasteiger partial charge < -0.3 is 19.9 Å². The molecule has 0 radical (unpaired) electrons. The molecule has 2 rings (SSSR count). The second-order valence-corrected chi connectivity index (χ2v) is 9.89. The van der Waals surface area contributed by atoms with Gasteiger partial charge in [0.05, 0.1) is 33.1 Å². The van der Waals surface area contributed by atoms with Crippen molar-refractivity contribution in [2.45, 2.75) is 45.6 Å². The molecule has 32 heavy (non-hydrogen) atoms. The summed E-state index contributed by atoms with van der Waals surface area (Å²) in [5.74, 6) is 2.15. The molecule has 1 aromatic carbocycles. The van der Waals surface area contributed by atoms with Gasteiger partial charge in [-0.2, -0.15) is 15.0 Å². The third-order valence-corrected chi connectivity index (χ3v) is 5.29. The van der Waals surface area contributed by atoms with Crippen molar-refractivity contribution in [2.75, 3.05) is 37.1 Å². The zero-order chi connectivity index (χ0) is 23.9. The largest absolute Gasteiger partial charge is 0.493 e. The van der Waals surface area contributed by atoms with Gasteiger partial charge in [-0.3, -0.25) is 4.72 Å². The van der Waals surface area contributed by atoms with Crippen molar-refractivity contribution in [1.82, 2.24) is 15.0 Å². The van der Waals surface area contributed by atoms with Gasteiger partial charge in [-0.25, -0.2) is 8.42 Å². The molecule has 11 heteroatoms. The molecule has 2 atom stereocenters. The first-order valence-corrected chi connectivity index (χ1v) is 12.3. The van der Waals surface area contributed by atoms with E-state index >= 15 is 0 Å². The van der Waals surface area contributed by atoms with E-state index in [4.69, 9.17) is 9.47 Å². The van der Waals surface area contributed by atoms with Crippen LogP contribution in [0.5, 0.6) is 11.5 Å². The fourth-order valence-electron chi connectivity index (χ4n) is 3.27. The quantitative estimate of drug-likeness (QED) is 0.430. The third-order valence-electron chi connectivity index (χ3n) is 4.73. The predicted molar refractivity (Wildman–Crippen MR) is 124 cm³/mol. The van der Waals surface area contributed by atoms with Crippen molar-refractivity contribution in [3.63, 3.8) is 0 Å². The Balaban J connectivity index is 2.33. The Hall–Kier alpha value is -2.66. The monoisotopic (exact) mass is 467 g/mol. The molecule has 1 unspecified atom stereocenters. The van der Waals surface area contributed by atoms with Crippen molar-refractivity contribution in [3.8, 4) is 11.5 Å². The molecule has 0 spiro atoms. The van der Waals surface area contributed by atoms with Crippen LogP contribution in [-0.4, -0.2) is 61.6 Å². The second kappa shape index (κ2) is 11.3. The number of methoxy groups -OCH3 is 2. The van der Waals surface area contributed by atoms with Crippen LogP contribution in [0.2, 0.25) is 0 Å². The van der Waals surface area contributed by atoms with Gasteiger partial charge in [0.2, 0.25) is 21.9 Å². The number of aromatic nitrogens is 3. The molecular weight excluding hydrogens is 434 g/mol. The van der Waals surface area contributed by atoms with Crippen LogP contribution in [0.1, 0.15) is 44.5 Å². The lowest BCUT2D eigenvalue weighted by Gasteiger charge is -2.19. The van der Waals surface area contributed by atoms with Crippen LogP contribution in [0.4, 0.5) is 11.9 Å². The number of nitrogens with one attached hydrogen (secondary N) is 2. The number of ether oxygens (including phenoxy) is 2. The van der Waals surface area contributed by atoms with Crippen LogP contribution in [-0.2, 0) is 16.4 Å². The minimum Gasteiger partial charge on any atom is -0.493 e. The van der Waals surface area contributed by atoms with Crippen molar-refractivity contribution in [2.24, 2.45) is 5.92 Å². The molecule has 10 nitrogen and oxygen atoms in total. The highest BCUT2D eigenvalue weighted by Gasteiger charge is 2.18. The van der Waals surface area contributed by atoms with Gasteiger partial charge in [0.15, 0.2) is 11.5 Å². The van der Waals surface area contributed by atoms with Gasteiger partial charge in [0.25, 0.3) is 0 Å². The maximum Gasteiger partial charge on any atom is 0.241 e. The first kappa shape index (κ1) is 25.6. The van der Waals surface area contributed by atoms with Crippen LogP contribution in [0.25, 0.3) is 0 Å². The van der Waals surface area contributed by atoms with E-state index in [9.17, 15) is 13.5 Å². The van der Waals surface area contributed by atoms with Crippen LogP contribution in [0.3, 0.4) is 0 Å². The molecule has 2 aromatic rings. The number of sulfonamides is 1. The highest BCUT2D eigenvalue weighted by Crippen LogP contribution is 2.31. The molecular formula is C21H33N5O5S. The van der Waals surface area contributed by atoms with Gasteiger partial charge in [-0.1, -0.05) is 26.8 Å². The highest BCUT2D eigenvalue weighted by molar-refractivity contribution is 7.91. The second-order valence-electron chi connectivity index (χ2n) is 8.15. The molecule has 0 amide bonds. The maximum absolute atomic E-state index is 11.7. The van der Waals surface area contributed by atoms with E-state index in [1.807, 2.05) is 39.0 Å². The molecule has 0 aliphatic carbocycles. The van der Waals surface area contributed by atoms with E-state index < -0.39 is 10.0 Å². The predicted octanol–water partition coefficient (Wildman–Crippen LogP) is 2.43. The van der Waals surface area contributed by atoms with Crippen molar-refractivity contribution in [1.29, 1.82) is 0 Å². The molecule has 3 N–H and O–H groups in total. The Bertz CT molecular complexity index is 1000. The average molecular weight is 468 g/mol. The van der Waals surface area contributed by atoms with Crippen molar-refractivity contribution in [3.05, 3.63) is 29.6 Å². The number of hydrogen-bond donors (Lipinski definition) is 3. The molecule has 0 bridgehead atoms. The van der Waals surface area contributed by atoms with Crippen LogP contribution >= 0.6 is 0 Å². The fourth-order valence-corrected chi connectivity index (χ4v) is 3.69. The van der Waals surface area contributed by atoms with Crippen molar-refractivity contribution >= 4 is 21.9 Å². The molecule has 0 saturated carbocycles. The van der Waals surface area contributed by atoms with Crippen LogP contribution in [0, 0.1) is 5.92 Å².